The molecule has 1 aliphatic heterocycles. The first kappa shape index (κ1) is 13.2. The van der Waals surface area contributed by atoms with E-state index in [1.807, 2.05) is 18.5 Å². The number of hydrogen-bond donors (Lipinski definition) is 1. The number of rotatable bonds is 6. The quantitative estimate of drug-likeness (QED) is 0.820. The molecule has 2 heterocycles. The van der Waals surface area contributed by atoms with Crippen molar-refractivity contribution in [2.24, 2.45) is 0 Å². The molecule has 0 amide bonds. The molecule has 0 aliphatic carbocycles. The van der Waals surface area contributed by atoms with E-state index < -0.39 is 0 Å². The van der Waals surface area contributed by atoms with Gasteiger partial charge in [0.1, 0.15) is 11.9 Å². The Morgan fingerprint density at radius 3 is 3.15 bits per heavy atom. The average molecular weight is 271 g/mol. The molecule has 1 aromatic heterocycles. The van der Waals surface area contributed by atoms with Crippen LogP contribution >= 0.6 is 0 Å². The molecule has 0 saturated carbocycles. The Hall–Kier alpha value is -1.81. The highest BCUT2D eigenvalue weighted by atomic mass is 16.5. The van der Waals surface area contributed by atoms with E-state index in [2.05, 4.69) is 40.1 Å². The summed E-state index contributed by atoms with van der Waals surface area (Å²) in [7, 11) is 0. The molecule has 0 spiro atoms. The number of benzene rings is 1. The molecule has 4 nitrogen and oxygen atoms in total. The first-order valence-electron chi connectivity index (χ1n) is 7.31. The second-order valence-electron chi connectivity index (χ2n) is 5.29. The minimum absolute atomic E-state index is 0.220. The fourth-order valence-electron chi connectivity index (χ4n) is 2.58. The highest BCUT2D eigenvalue weighted by Crippen LogP contribution is 2.28. The molecule has 4 heteroatoms. The first-order chi connectivity index (χ1) is 9.85. The first-order valence-corrected chi connectivity index (χ1v) is 7.31. The topological polar surface area (TPSA) is 39.1 Å². The van der Waals surface area contributed by atoms with Crippen molar-refractivity contribution in [1.82, 2.24) is 14.9 Å². The van der Waals surface area contributed by atoms with Crippen LogP contribution in [0.15, 0.2) is 36.8 Å². The maximum Gasteiger partial charge on any atom is 0.123 e. The Morgan fingerprint density at radius 1 is 1.40 bits per heavy atom. The molecule has 0 fully saturated rings. The van der Waals surface area contributed by atoms with Crippen molar-refractivity contribution >= 4 is 0 Å². The van der Waals surface area contributed by atoms with Gasteiger partial charge in [-0.1, -0.05) is 25.1 Å². The van der Waals surface area contributed by atoms with Crippen LogP contribution in [-0.2, 0) is 19.5 Å². The van der Waals surface area contributed by atoms with Crippen LogP contribution in [0.4, 0.5) is 0 Å². The Kier molecular flexibility index (Phi) is 4.02. The molecule has 106 valence electrons. The van der Waals surface area contributed by atoms with Crippen molar-refractivity contribution in [2.75, 3.05) is 6.54 Å². The van der Waals surface area contributed by atoms with Gasteiger partial charge in [0, 0.05) is 19.2 Å². The number of aromatic nitrogens is 2. The Bertz CT molecular complexity index is 539. The third-order valence-electron chi connectivity index (χ3n) is 3.55. The largest absolute Gasteiger partial charge is 0.488 e. The maximum absolute atomic E-state index is 5.95. The molecule has 2 aromatic rings. The van der Waals surface area contributed by atoms with Crippen molar-refractivity contribution in [1.29, 1.82) is 0 Å². The summed E-state index contributed by atoms with van der Waals surface area (Å²) < 4.78 is 8.08. The van der Waals surface area contributed by atoms with E-state index in [1.54, 1.807) is 0 Å². The number of imidazole rings is 1. The summed E-state index contributed by atoms with van der Waals surface area (Å²) >= 11 is 0. The van der Waals surface area contributed by atoms with E-state index in [-0.39, 0.29) is 6.10 Å². The molecule has 0 radical (unpaired) electrons. The van der Waals surface area contributed by atoms with Crippen LogP contribution in [0.3, 0.4) is 0 Å². The van der Waals surface area contributed by atoms with Crippen LogP contribution < -0.4 is 10.1 Å². The molecule has 1 aliphatic rings. The molecular weight excluding hydrogens is 250 g/mol. The van der Waals surface area contributed by atoms with Gasteiger partial charge in [0.05, 0.1) is 18.6 Å². The summed E-state index contributed by atoms with van der Waals surface area (Å²) in [6, 6.07) is 8.28. The van der Waals surface area contributed by atoms with Crippen LogP contribution in [0.2, 0.25) is 0 Å². The summed E-state index contributed by atoms with van der Waals surface area (Å²) in [5.41, 5.74) is 2.40. The number of nitrogens with one attached hydrogen (secondary N) is 1. The molecular formula is C16H21N3O. The minimum atomic E-state index is 0.220. The fourth-order valence-corrected chi connectivity index (χ4v) is 2.58. The fraction of sp³-hybridized carbons (Fsp3) is 0.438. The van der Waals surface area contributed by atoms with E-state index in [4.69, 9.17) is 4.74 Å². The zero-order valence-electron chi connectivity index (χ0n) is 11.9. The summed E-state index contributed by atoms with van der Waals surface area (Å²) in [5, 5.41) is 3.37. The lowest BCUT2D eigenvalue weighted by Gasteiger charge is -2.10. The summed E-state index contributed by atoms with van der Waals surface area (Å²) in [4.78, 5) is 4.42. The van der Waals surface area contributed by atoms with Crippen LogP contribution in [-0.4, -0.2) is 22.2 Å². The highest BCUT2D eigenvalue weighted by molar-refractivity contribution is 5.37. The van der Waals surface area contributed by atoms with Gasteiger partial charge in [0.2, 0.25) is 0 Å². The smallest absolute Gasteiger partial charge is 0.123 e. The maximum atomic E-state index is 5.95. The van der Waals surface area contributed by atoms with E-state index >= 15 is 0 Å². The normalized spacial score (nSPS) is 16.9. The zero-order valence-corrected chi connectivity index (χ0v) is 11.9. The van der Waals surface area contributed by atoms with Gasteiger partial charge in [0.25, 0.3) is 0 Å². The lowest BCUT2D eigenvalue weighted by atomic mass is 10.1. The summed E-state index contributed by atoms with van der Waals surface area (Å²) in [5.74, 6) is 1.03. The van der Waals surface area contributed by atoms with Crippen molar-refractivity contribution in [2.45, 2.75) is 39.0 Å². The number of nitrogens with zero attached hydrogens (tertiary/aromatic N) is 2. The minimum Gasteiger partial charge on any atom is -0.488 e. The Balaban J connectivity index is 1.55. The number of fused-ring (bicyclic) bond motifs is 1. The zero-order chi connectivity index (χ0) is 13.8. The average Bonchev–Trinajstić information content (AvgIpc) is 3.05. The van der Waals surface area contributed by atoms with Crippen molar-refractivity contribution in [3.63, 3.8) is 0 Å². The predicted molar refractivity (Wildman–Crippen MR) is 78.8 cm³/mol. The lowest BCUT2D eigenvalue weighted by Crippen LogP contribution is -2.20. The van der Waals surface area contributed by atoms with Gasteiger partial charge >= 0.3 is 0 Å². The Morgan fingerprint density at radius 2 is 2.30 bits per heavy atom. The summed E-state index contributed by atoms with van der Waals surface area (Å²) in [6.07, 6.45) is 6.36. The molecule has 1 aromatic carbocycles. The highest BCUT2D eigenvalue weighted by Gasteiger charge is 2.22. The monoisotopic (exact) mass is 271 g/mol. The predicted octanol–water partition coefficient (Wildman–Crippen LogP) is 2.39. The number of hydrogen-bond acceptors (Lipinski definition) is 3. The number of ether oxygens (including phenoxy) is 1. The van der Waals surface area contributed by atoms with E-state index in [0.29, 0.717) is 0 Å². The molecule has 1 atom stereocenters. The Labute approximate surface area is 119 Å². The SMILES string of the molecule is CCCNCc1cn(CC2Cc3ccccc3O2)cn1. The van der Waals surface area contributed by atoms with Gasteiger partial charge in [-0.3, -0.25) is 0 Å². The molecule has 1 unspecified atom stereocenters. The van der Waals surface area contributed by atoms with E-state index in [1.165, 1.54) is 5.56 Å². The second kappa shape index (κ2) is 6.09. The molecule has 3 rings (SSSR count). The van der Waals surface area contributed by atoms with Gasteiger partial charge in [-0.25, -0.2) is 4.98 Å². The van der Waals surface area contributed by atoms with Crippen molar-refractivity contribution < 1.29 is 4.74 Å². The van der Waals surface area contributed by atoms with Gasteiger partial charge in [-0.15, -0.1) is 0 Å². The lowest BCUT2D eigenvalue weighted by molar-refractivity contribution is 0.209. The van der Waals surface area contributed by atoms with Gasteiger partial charge in [-0.05, 0) is 24.6 Å². The third kappa shape index (κ3) is 3.02. The van der Waals surface area contributed by atoms with Crippen LogP contribution in [0, 0.1) is 0 Å². The van der Waals surface area contributed by atoms with E-state index in [0.717, 1.165) is 43.9 Å². The van der Waals surface area contributed by atoms with Crippen molar-refractivity contribution in [3.05, 3.63) is 48.0 Å². The second-order valence-corrected chi connectivity index (χ2v) is 5.29. The summed E-state index contributed by atoms with van der Waals surface area (Å²) in [6.45, 7) is 4.90. The van der Waals surface area contributed by atoms with Crippen LogP contribution in [0.5, 0.6) is 5.75 Å². The van der Waals surface area contributed by atoms with Crippen molar-refractivity contribution in [3.8, 4) is 5.75 Å². The molecule has 0 saturated heterocycles. The van der Waals surface area contributed by atoms with Crippen LogP contribution in [0.25, 0.3) is 0 Å². The molecule has 20 heavy (non-hydrogen) atoms. The van der Waals surface area contributed by atoms with Gasteiger partial charge in [0.15, 0.2) is 0 Å². The molecule has 1 N–H and O–H groups in total. The molecule has 0 bridgehead atoms. The van der Waals surface area contributed by atoms with E-state index in [9.17, 15) is 0 Å². The van der Waals surface area contributed by atoms with Gasteiger partial charge < -0.3 is 14.6 Å². The standard InChI is InChI=1S/C16H21N3O/c1-2-7-17-9-14-10-19(12-18-14)11-15-8-13-5-3-4-6-16(13)20-15/h3-6,10,12,15,17H,2,7-9,11H2,1H3. The van der Waals surface area contributed by atoms with Gasteiger partial charge in [-0.2, -0.15) is 0 Å². The third-order valence-corrected chi connectivity index (χ3v) is 3.55. The number of para-hydroxylation sites is 1. The van der Waals surface area contributed by atoms with Crippen LogP contribution in [0.1, 0.15) is 24.6 Å².